The lowest BCUT2D eigenvalue weighted by Gasteiger charge is -2.30. The van der Waals surface area contributed by atoms with Gasteiger partial charge >= 0.3 is 10.2 Å². The molecule has 1 aromatic carbocycles. The van der Waals surface area contributed by atoms with E-state index >= 15 is 0 Å². The summed E-state index contributed by atoms with van der Waals surface area (Å²) < 4.78 is 29.3. The topological polar surface area (TPSA) is 75.4 Å². The lowest BCUT2D eigenvalue weighted by atomic mass is 9.99. The molecule has 1 heterocycles. The van der Waals surface area contributed by atoms with Crippen LogP contribution < -0.4 is 10.5 Å². The summed E-state index contributed by atoms with van der Waals surface area (Å²) >= 11 is 9.19. The van der Waals surface area contributed by atoms with Crippen LogP contribution in [-0.2, 0) is 10.2 Å². The first kappa shape index (κ1) is 16.0. The lowest BCUT2D eigenvalue weighted by Crippen LogP contribution is -2.42. The molecule has 20 heavy (non-hydrogen) atoms. The van der Waals surface area contributed by atoms with Crippen LogP contribution in [0, 0.1) is 5.92 Å². The van der Waals surface area contributed by atoms with Crippen molar-refractivity contribution in [2.24, 2.45) is 11.7 Å². The van der Waals surface area contributed by atoms with Crippen LogP contribution in [0.15, 0.2) is 22.7 Å². The fourth-order valence-electron chi connectivity index (χ4n) is 2.16. The molecule has 1 saturated heterocycles. The van der Waals surface area contributed by atoms with Gasteiger partial charge < -0.3 is 5.73 Å². The number of nitrogens with two attached hydrogens (primary N) is 1. The Bertz CT molecular complexity index is 574. The van der Waals surface area contributed by atoms with E-state index < -0.39 is 10.2 Å². The Morgan fingerprint density at radius 2 is 2.05 bits per heavy atom. The summed E-state index contributed by atoms with van der Waals surface area (Å²) in [6, 6.07) is 4.98. The second-order valence-electron chi connectivity index (χ2n) is 4.81. The maximum atomic E-state index is 12.3. The molecule has 1 aromatic rings. The third-order valence-corrected chi connectivity index (χ3v) is 5.86. The largest absolute Gasteiger partial charge is 0.330 e. The van der Waals surface area contributed by atoms with Crippen LogP contribution in [0.5, 0.6) is 0 Å². The quantitative estimate of drug-likeness (QED) is 0.840. The lowest BCUT2D eigenvalue weighted by molar-refractivity contribution is 0.280. The van der Waals surface area contributed by atoms with Gasteiger partial charge in [-0.3, -0.25) is 4.72 Å². The molecular weight excluding hydrogens is 366 g/mol. The van der Waals surface area contributed by atoms with Gasteiger partial charge in [0, 0.05) is 22.6 Å². The average Bonchev–Trinajstić information content (AvgIpc) is 2.43. The first-order chi connectivity index (χ1) is 9.42. The van der Waals surface area contributed by atoms with E-state index in [4.69, 9.17) is 17.3 Å². The van der Waals surface area contributed by atoms with Crippen molar-refractivity contribution in [3.05, 3.63) is 27.7 Å². The van der Waals surface area contributed by atoms with Crippen molar-refractivity contribution in [2.75, 3.05) is 24.4 Å². The number of piperidine rings is 1. The van der Waals surface area contributed by atoms with Gasteiger partial charge in [-0.15, -0.1) is 0 Å². The van der Waals surface area contributed by atoms with Gasteiger partial charge in [-0.05, 0) is 59.4 Å². The SMILES string of the molecule is NCC1CCN(S(=O)(=O)Nc2cc(Cl)ccc2Br)CC1. The Morgan fingerprint density at radius 3 is 2.65 bits per heavy atom. The van der Waals surface area contributed by atoms with Gasteiger partial charge in [0.1, 0.15) is 0 Å². The molecule has 112 valence electrons. The summed E-state index contributed by atoms with van der Waals surface area (Å²) in [6.07, 6.45) is 1.60. The van der Waals surface area contributed by atoms with E-state index in [9.17, 15) is 8.42 Å². The Balaban J connectivity index is 2.10. The molecule has 0 unspecified atom stereocenters. The third kappa shape index (κ3) is 3.85. The second-order valence-corrected chi connectivity index (χ2v) is 7.77. The van der Waals surface area contributed by atoms with Gasteiger partial charge in [0.25, 0.3) is 0 Å². The highest BCUT2D eigenvalue weighted by atomic mass is 79.9. The molecule has 0 amide bonds. The third-order valence-electron chi connectivity index (χ3n) is 3.41. The summed E-state index contributed by atoms with van der Waals surface area (Å²) in [7, 11) is -3.55. The van der Waals surface area contributed by atoms with Gasteiger partial charge in [0.2, 0.25) is 0 Å². The van der Waals surface area contributed by atoms with E-state index in [1.807, 2.05) is 0 Å². The van der Waals surface area contributed by atoms with Crippen LogP contribution in [0.25, 0.3) is 0 Å². The van der Waals surface area contributed by atoms with Gasteiger partial charge in [-0.25, -0.2) is 0 Å². The van der Waals surface area contributed by atoms with Gasteiger partial charge in [-0.1, -0.05) is 11.6 Å². The summed E-state index contributed by atoms with van der Waals surface area (Å²) in [5.41, 5.74) is 6.06. The molecule has 0 aromatic heterocycles. The van der Waals surface area contributed by atoms with Crippen molar-refractivity contribution in [3.8, 4) is 0 Å². The molecule has 0 atom stereocenters. The predicted octanol–water partition coefficient (Wildman–Crippen LogP) is 2.43. The van der Waals surface area contributed by atoms with E-state index in [2.05, 4.69) is 20.7 Å². The molecule has 3 N–H and O–H groups in total. The Kier molecular flexibility index (Phi) is 5.30. The molecule has 0 bridgehead atoms. The first-order valence-corrected chi connectivity index (χ1v) is 8.96. The fraction of sp³-hybridized carbons (Fsp3) is 0.500. The number of hydrogen-bond acceptors (Lipinski definition) is 3. The number of anilines is 1. The van der Waals surface area contributed by atoms with Crippen LogP contribution in [0.4, 0.5) is 5.69 Å². The minimum atomic E-state index is -3.55. The maximum absolute atomic E-state index is 12.3. The van der Waals surface area contributed by atoms with Crippen molar-refractivity contribution in [2.45, 2.75) is 12.8 Å². The van der Waals surface area contributed by atoms with Crippen LogP contribution in [0.2, 0.25) is 5.02 Å². The van der Waals surface area contributed by atoms with E-state index in [1.165, 1.54) is 4.31 Å². The van der Waals surface area contributed by atoms with Crippen molar-refractivity contribution in [1.29, 1.82) is 0 Å². The normalized spacial score (nSPS) is 18.1. The minimum absolute atomic E-state index is 0.416. The van der Waals surface area contributed by atoms with E-state index in [-0.39, 0.29) is 0 Å². The number of halogens is 2. The molecule has 1 fully saturated rings. The first-order valence-electron chi connectivity index (χ1n) is 6.35. The maximum Gasteiger partial charge on any atom is 0.301 e. The highest BCUT2D eigenvalue weighted by Crippen LogP contribution is 2.28. The van der Waals surface area contributed by atoms with Crippen molar-refractivity contribution < 1.29 is 8.42 Å². The Hall–Kier alpha value is -0.340. The highest BCUT2D eigenvalue weighted by molar-refractivity contribution is 9.10. The molecule has 5 nitrogen and oxygen atoms in total. The van der Waals surface area contributed by atoms with Gasteiger partial charge in [-0.2, -0.15) is 12.7 Å². The van der Waals surface area contributed by atoms with Crippen LogP contribution in [0.3, 0.4) is 0 Å². The second kappa shape index (κ2) is 6.62. The molecule has 0 spiro atoms. The number of nitrogens with one attached hydrogen (secondary N) is 1. The zero-order valence-corrected chi connectivity index (χ0v) is 14.0. The van der Waals surface area contributed by atoms with Crippen molar-refractivity contribution in [3.63, 3.8) is 0 Å². The van der Waals surface area contributed by atoms with E-state index in [1.54, 1.807) is 18.2 Å². The molecule has 1 aliphatic rings. The van der Waals surface area contributed by atoms with Crippen LogP contribution in [-0.4, -0.2) is 32.4 Å². The van der Waals surface area contributed by atoms with Gasteiger partial charge in [0.15, 0.2) is 0 Å². The van der Waals surface area contributed by atoms with Crippen LogP contribution in [0.1, 0.15) is 12.8 Å². The summed E-state index contributed by atoms with van der Waals surface area (Å²) in [4.78, 5) is 0. The molecule has 8 heteroatoms. The Labute approximate surface area is 132 Å². The number of benzene rings is 1. The van der Waals surface area contributed by atoms with Crippen LogP contribution >= 0.6 is 27.5 Å². The number of nitrogens with zero attached hydrogens (tertiary/aromatic N) is 1. The molecule has 0 radical (unpaired) electrons. The standard InChI is InChI=1S/C12H17BrClN3O2S/c13-11-2-1-10(14)7-12(11)16-20(18,19)17-5-3-9(8-15)4-6-17/h1-2,7,9,16H,3-6,8,15H2. The number of rotatable bonds is 4. The predicted molar refractivity (Wildman–Crippen MR) is 85.0 cm³/mol. The summed E-state index contributed by atoms with van der Waals surface area (Å²) in [6.45, 7) is 1.60. The summed E-state index contributed by atoms with van der Waals surface area (Å²) in [5, 5.41) is 0.479. The molecular formula is C12H17BrClN3O2S. The van der Waals surface area contributed by atoms with E-state index in [0.717, 1.165) is 12.8 Å². The molecule has 0 saturated carbocycles. The van der Waals surface area contributed by atoms with Crippen molar-refractivity contribution >= 4 is 43.4 Å². The highest BCUT2D eigenvalue weighted by Gasteiger charge is 2.27. The monoisotopic (exact) mass is 381 g/mol. The smallest absolute Gasteiger partial charge is 0.301 e. The summed E-state index contributed by atoms with van der Waals surface area (Å²) in [5.74, 6) is 0.416. The zero-order valence-electron chi connectivity index (χ0n) is 10.9. The minimum Gasteiger partial charge on any atom is -0.330 e. The molecule has 0 aliphatic carbocycles. The van der Waals surface area contributed by atoms with Gasteiger partial charge in [0.05, 0.1) is 5.69 Å². The Morgan fingerprint density at radius 1 is 1.40 bits per heavy atom. The average molecular weight is 383 g/mol. The zero-order chi connectivity index (χ0) is 14.8. The van der Waals surface area contributed by atoms with Crippen molar-refractivity contribution in [1.82, 2.24) is 4.31 Å². The molecule has 1 aliphatic heterocycles. The number of hydrogen-bond donors (Lipinski definition) is 2. The van der Waals surface area contributed by atoms with E-state index in [0.29, 0.717) is 40.7 Å². The molecule has 2 rings (SSSR count). The fourth-order valence-corrected chi connectivity index (χ4v) is 4.08.